The van der Waals surface area contributed by atoms with Crippen molar-refractivity contribution in [2.24, 2.45) is 11.8 Å². The van der Waals surface area contributed by atoms with Crippen molar-refractivity contribution in [3.63, 3.8) is 0 Å². The van der Waals surface area contributed by atoms with Gasteiger partial charge in [0.15, 0.2) is 0 Å². The molecule has 0 amide bonds. The molecule has 0 radical (unpaired) electrons. The maximum absolute atomic E-state index is 8.64. The van der Waals surface area contributed by atoms with Gasteiger partial charge in [-0.25, -0.2) is 0 Å². The molecule has 0 heterocycles. The Kier molecular flexibility index (Phi) is 2.66. The number of hydrogen-bond donors (Lipinski definition) is 1. The first-order valence-electron chi connectivity index (χ1n) is 5.14. The van der Waals surface area contributed by atoms with Gasteiger partial charge in [-0.1, -0.05) is 12.8 Å². The van der Waals surface area contributed by atoms with E-state index in [0.717, 1.165) is 11.8 Å². The second kappa shape index (κ2) is 3.75. The minimum absolute atomic E-state index is 0.174. The zero-order valence-electron chi connectivity index (χ0n) is 7.54. The molecule has 1 N–H and O–H groups in total. The van der Waals surface area contributed by atoms with Gasteiger partial charge in [-0.3, -0.25) is 0 Å². The van der Waals surface area contributed by atoms with E-state index in [4.69, 9.17) is 9.84 Å². The second-order valence-electron chi connectivity index (χ2n) is 4.07. The third kappa shape index (κ3) is 1.50. The fourth-order valence-corrected chi connectivity index (χ4v) is 2.92. The highest BCUT2D eigenvalue weighted by Gasteiger charge is 2.39. The fourth-order valence-electron chi connectivity index (χ4n) is 2.92. The highest BCUT2D eigenvalue weighted by Crippen LogP contribution is 2.45. The average molecular weight is 170 g/mol. The van der Waals surface area contributed by atoms with E-state index in [-0.39, 0.29) is 6.61 Å². The summed E-state index contributed by atoms with van der Waals surface area (Å²) in [5, 5.41) is 8.64. The van der Waals surface area contributed by atoms with E-state index in [1.54, 1.807) is 0 Å². The Hall–Kier alpha value is -0.0800. The lowest BCUT2D eigenvalue weighted by molar-refractivity contribution is 0.00526. The van der Waals surface area contributed by atoms with Crippen LogP contribution in [0.4, 0.5) is 0 Å². The molecule has 2 rings (SSSR count). The second-order valence-corrected chi connectivity index (χ2v) is 4.07. The minimum atomic E-state index is 0.174. The molecule has 2 fully saturated rings. The Balaban J connectivity index is 1.83. The highest BCUT2D eigenvalue weighted by atomic mass is 16.5. The van der Waals surface area contributed by atoms with Crippen LogP contribution in [0.3, 0.4) is 0 Å². The van der Waals surface area contributed by atoms with Crippen molar-refractivity contribution < 1.29 is 9.84 Å². The molecule has 3 atom stereocenters. The zero-order valence-corrected chi connectivity index (χ0v) is 7.54. The Labute approximate surface area is 73.9 Å². The number of fused-ring (bicyclic) bond motifs is 1. The summed E-state index contributed by atoms with van der Waals surface area (Å²) < 4.78 is 5.62. The lowest BCUT2D eigenvalue weighted by Crippen LogP contribution is -2.20. The lowest BCUT2D eigenvalue weighted by atomic mass is 9.99. The van der Waals surface area contributed by atoms with Gasteiger partial charge >= 0.3 is 0 Å². The summed E-state index contributed by atoms with van der Waals surface area (Å²) in [6, 6.07) is 0. The van der Waals surface area contributed by atoms with Crippen LogP contribution < -0.4 is 0 Å². The quantitative estimate of drug-likeness (QED) is 0.696. The van der Waals surface area contributed by atoms with Crippen molar-refractivity contribution in [2.45, 2.75) is 38.2 Å². The van der Waals surface area contributed by atoms with Crippen LogP contribution in [-0.2, 0) is 4.74 Å². The minimum Gasteiger partial charge on any atom is -0.394 e. The molecule has 0 aromatic carbocycles. The monoisotopic (exact) mass is 170 g/mol. The van der Waals surface area contributed by atoms with Crippen molar-refractivity contribution in [1.29, 1.82) is 0 Å². The summed E-state index contributed by atoms with van der Waals surface area (Å²) in [4.78, 5) is 0. The van der Waals surface area contributed by atoms with Crippen LogP contribution in [-0.4, -0.2) is 24.4 Å². The van der Waals surface area contributed by atoms with Gasteiger partial charge in [-0.15, -0.1) is 0 Å². The van der Waals surface area contributed by atoms with Gasteiger partial charge in [-0.05, 0) is 31.1 Å². The number of aliphatic hydroxyl groups is 1. The molecule has 0 spiro atoms. The van der Waals surface area contributed by atoms with Crippen LogP contribution in [0.25, 0.3) is 0 Å². The Bertz CT molecular complexity index is 147. The first kappa shape index (κ1) is 8.52. The van der Waals surface area contributed by atoms with Crippen LogP contribution >= 0.6 is 0 Å². The van der Waals surface area contributed by atoms with Gasteiger partial charge in [0.2, 0.25) is 0 Å². The Morgan fingerprint density at radius 2 is 2.08 bits per heavy atom. The van der Waals surface area contributed by atoms with E-state index in [1.165, 1.54) is 32.1 Å². The number of aliphatic hydroxyl groups excluding tert-OH is 1. The molecule has 0 aromatic rings. The third-order valence-electron chi connectivity index (χ3n) is 3.44. The number of hydrogen-bond acceptors (Lipinski definition) is 2. The molecule has 70 valence electrons. The molecule has 0 aromatic heterocycles. The topological polar surface area (TPSA) is 29.5 Å². The number of rotatable bonds is 3. The first-order valence-corrected chi connectivity index (χ1v) is 5.14. The predicted octanol–water partition coefficient (Wildman–Crippen LogP) is 1.57. The van der Waals surface area contributed by atoms with E-state index < -0.39 is 0 Å². The van der Waals surface area contributed by atoms with Crippen LogP contribution in [0.2, 0.25) is 0 Å². The summed E-state index contributed by atoms with van der Waals surface area (Å²) in [7, 11) is 0. The molecule has 2 heteroatoms. The third-order valence-corrected chi connectivity index (χ3v) is 3.44. The standard InChI is InChI=1S/C10H18O2/c11-6-7-12-10-5-4-8-2-1-3-9(8)10/h8-11H,1-7H2. The molecular formula is C10H18O2. The largest absolute Gasteiger partial charge is 0.394 e. The molecule has 0 aliphatic heterocycles. The molecular weight excluding hydrogens is 152 g/mol. The van der Waals surface area contributed by atoms with Gasteiger partial charge in [0, 0.05) is 0 Å². The van der Waals surface area contributed by atoms with Gasteiger partial charge in [0.25, 0.3) is 0 Å². The van der Waals surface area contributed by atoms with Gasteiger partial charge < -0.3 is 9.84 Å². The van der Waals surface area contributed by atoms with E-state index in [0.29, 0.717) is 12.7 Å². The van der Waals surface area contributed by atoms with E-state index in [9.17, 15) is 0 Å². The predicted molar refractivity (Wildman–Crippen MR) is 46.9 cm³/mol. The van der Waals surface area contributed by atoms with Gasteiger partial charge in [0.1, 0.15) is 0 Å². The maximum atomic E-state index is 8.64. The maximum Gasteiger partial charge on any atom is 0.0701 e. The zero-order chi connectivity index (χ0) is 8.39. The number of ether oxygens (including phenoxy) is 1. The van der Waals surface area contributed by atoms with Crippen molar-refractivity contribution in [3.05, 3.63) is 0 Å². The molecule has 0 bridgehead atoms. The van der Waals surface area contributed by atoms with Crippen molar-refractivity contribution >= 4 is 0 Å². The normalized spacial score (nSPS) is 40.2. The Morgan fingerprint density at radius 3 is 2.92 bits per heavy atom. The van der Waals surface area contributed by atoms with Crippen molar-refractivity contribution in [2.75, 3.05) is 13.2 Å². The molecule has 2 aliphatic carbocycles. The summed E-state index contributed by atoms with van der Waals surface area (Å²) in [5.41, 5.74) is 0. The van der Waals surface area contributed by atoms with Gasteiger partial charge in [-0.2, -0.15) is 0 Å². The van der Waals surface area contributed by atoms with Crippen LogP contribution in [0.1, 0.15) is 32.1 Å². The van der Waals surface area contributed by atoms with E-state index >= 15 is 0 Å². The molecule has 2 saturated carbocycles. The molecule has 2 nitrogen and oxygen atoms in total. The van der Waals surface area contributed by atoms with Gasteiger partial charge in [0.05, 0.1) is 19.3 Å². The highest BCUT2D eigenvalue weighted by molar-refractivity contribution is 4.89. The van der Waals surface area contributed by atoms with Crippen LogP contribution in [0.15, 0.2) is 0 Å². The summed E-state index contributed by atoms with van der Waals surface area (Å²) in [6.07, 6.45) is 7.25. The molecule has 2 aliphatic rings. The smallest absolute Gasteiger partial charge is 0.0701 e. The van der Waals surface area contributed by atoms with Crippen molar-refractivity contribution in [1.82, 2.24) is 0 Å². The van der Waals surface area contributed by atoms with E-state index in [1.807, 2.05) is 0 Å². The van der Waals surface area contributed by atoms with Crippen molar-refractivity contribution in [3.8, 4) is 0 Å². The fraction of sp³-hybridized carbons (Fsp3) is 1.00. The summed E-state index contributed by atoms with van der Waals surface area (Å²) >= 11 is 0. The molecule has 3 unspecified atom stereocenters. The molecule has 0 saturated heterocycles. The molecule has 12 heavy (non-hydrogen) atoms. The van der Waals surface area contributed by atoms with E-state index in [2.05, 4.69) is 0 Å². The lowest BCUT2D eigenvalue weighted by Gasteiger charge is -2.18. The average Bonchev–Trinajstić information content (AvgIpc) is 2.62. The summed E-state index contributed by atoms with van der Waals surface area (Å²) in [6.45, 7) is 0.710. The SMILES string of the molecule is OCCOC1CCC2CCCC21. The van der Waals surface area contributed by atoms with Crippen LogP contribution in [0.5, 0.6) is 0 Å². The Morgan fingerprint density at radius 1 is 1.17 bits per heavy atom. The first-order chi connectivity index (χ1) is 5.92. The van der Waals surface area contributed by atoms with Crippen LogP contribution in [0, 0.1) is 11.8 Å². The summed E-state index contributed by atoms with van der Waals surface area (Å²) in [5.74, 6) is 1.78.